The van der Waals surface area contributed by atoms with Crippen molar-refractivity contribution in [3.8, 4) is 0 Å². The summed E-state index contributed by atoms with van der Waals surface area (Å²) in [5.74, 6) is 9.95. The lowest BCUT2D eigenvalue weighted by Crippen LogP contribution is -2.72. The Morgan fingerprint density at radius 1 is 0.763 bits per heavy atom. The lowest BCUT2D eigenvalue weighted by molar-refractivity contribution is -0.299. The molecular weight excluding hydrogens is 460 g/mol. The highest BCUT2D eigenvalue weighted by molar-refractivity contribution is 5.21. The second-order valence-electron chi connectivity index (χ2n) is 18.2. The second kappa shape index (κ2) is 9.49. The van der Waals surface area contributed by atoms with Crippen molar-refractivity contribution in [2.45, 2.75) is 130 Å². The van der Waals surface area contributed by atoms with E-state index in [-0.39, 0.29) is 11.5 Å². The van der Waals surface area contributed by atoms with E-state index < -0.39 is 0 Å². The van der Waals surface area contributed by atoms with Gasteiger partial charge in [0, 0.05) is 0 Å². The highest BCUT2D eigenvalue weighted by atomic mass is 16.3. The fraction of sp³-hybridized carbons (Fsp3) is 1.00. The summed E-state index contributed by atoms with van der Waals surface area (Å²) in [5.41, 5.74) is 1.26. The Kier molecular flexibility index (Phi) is 7.72. The van der Waals surface area contributed by atoms with Crippen LogP contribution in [0.5, 0.6) is 0 Å². The molecule has 17 unspecified atom stereocenters. The zero-order valence-corrected chi connectivity index (χ0v) is 28.5. The first-order valence-electron chi connectivity index (χ1n) is 16.9. The van der Waals surface area contributed by atoms with Gasteiger partial charge in [-0.1, -0.05) is 104 Å². The Bertz CT molecular complexity index is 866. The number of hydrogen-bond acceptors (Lipinski definition) is 1. The maximum atomic E-state index is 11.0. The van der Waals surface area contributed by atoms with Gasteiger partial charge in [0.25, 0.3) is 0 Å². The van der Waals surface area contributed by atoms with Crippen LogP contribution in [0, 0.1) is 105 Å². The van der Waals surface area contributed by atoms with Gasteiger partial charge in [0.1, 0.15) is 0 Å². The number of aliphatic hydroxyl groups is 1. The average molecular weight is 529 g/mol. The van der Waals surface area contributed by atoms with E-state index in [9.17, 15) is 5.11 Å². The molecule has 0 aliphatic heterocycles. The minimum absolute atomic E-state index is 0.220. The molecule has 4 fully saturated rings. The summed E-state index contributed by atoms with van der Waals surface area (Å²) < 4.78 is 0. The third-order valence-corrected chi connectivity index (χ3v) is 16.2. The SMILES string of the molecule is CC(C)C1CC(C(C)(C)C)C(C)C2C(C)C3C(C)C4(C)C(C)C(C(C)O)C(C)CC4(C)C(C)C3(C)C(C)C12. The predicted molar refractivity (Wildman–Crippen MR) is 165 cm³/mol. The molecule has 0 amide bonds. The first kappa shape index (κ1) is 30.9. The lowest BCUT2D eigenvalue weighted by atomic mass is 9.27. The minimum Gasteiger partial charge on any atom is -0.393 e. The summed E-state index contributed by atoms with van der Waals surface area (Å²) in [4.78, 5) is 0. The van der Waals surface area contributed by atoms with Crippen LogP contribution < -0.4 is 0 Å². The molecule has 222 valence electrons. The van der Waals surface area contributed by atoms with Gasteiger partial charge >= 0.3 is 0 Å². The smallest absolute Gasteiger partial charge is 0.0545 e. The normalized spacial score (nSPS) is 58.1. The van der Waals surface area contributed by atoms with Gasteiger partial charge < -0.3 is 5.11 Å². The van der Waals surface area contributed by atoms with E-state index in [0.717, 1.165) is 53.3 Å². The third-order valence-electron chi connectivity index (χ3n) is 16.2. The van der Waals surface area contributed by atoms with E-state index in [0.29, 0.717) is 45.8 Å². The molecular formula is C37H68O. The number of rotatable bonds is 2. The maximum Gasteiger partial charge on any atom is 0.0545 e. The Morgan fingerprint density at radius 3 is 1.79 bits per heavy atom. The summed E-state index contributed by atoms with van der Waals surface area (Å²) in [5, 5.41) is 11.0. The fourth-order valence-corrected chi connectivity index (χ4v) is 14.1. The topological polar surface area (TPSA) is 20.2 Å². The van der Waals surface area contributed by atoms with Gasteiger partial charge in [-0.15, -0.1) is 0 Å². The van der Waals surface area contributed by atoms with Crippen LogP contribution >= 0.6 is 0 Å². The van der Waals surface area contributed by atoms with Crippen molar-refractivity contribution in [2.75, 3.05) is 0 Å². The second-order valence-corrected chi connectivity index (χ2v) is 18.2. The monoisotopic (exact) mass is 529 g/mol. The van der Waals surface area contributed by atoms with Gasteiger partial charge in [-0.3, -0.25) is 0 Å². The molecule has 0 heterocycles. The van der Waals surface area contributed by atoms with Gasteiger partial charge in [-0.25, -0.2) is 0 Å². The van der Waals surface area contributed by atoms with Crippen molar-refractivity contribution >= 4 is 0 Å². The number of hydrogen-bond donors (Lipinski definition) is 1. The predicted octanol–water partition coefficient (Wildman–Crippen LogP) is 10.1. The molecule has 4 saturated carbocycles. The Labute approximate surface area is 239 Å². The minimum atomic E-state index is -0.220. The summed E-state index contributed by atoms with van der Waals surface area (Å²) in [7, 11) is 0. The molecule has 38 heavy (non-hydrogen) atoms. The van der Waals surface area contributed by atoms with Gasteiger partial charge in [0.15, 0.2) is 0 Å². The molecule has 0 radical (unpaired) electrons. The molecule has 0 saturated heterocycles. The molecule has 0 spiro atoms. The zero-order valence-electron chi connectivity index (χ0n) is 28.5. The van der Waals surface area contributed by atoms with E-state index in [4.69, 9.17) is 0 Å². The van der Waals surface area contributed by atoms with Gasteiger partial charge in [0.2, 0.25) is 0 Å². The maximum absolute atomic E-state index is 11.0. The van der Waals surface area contributed by atoms with Gasteiger partial charge in [-0.2, -0.15) is 0 Å². The molecule has 0 bridgehead atoms. The van der Waals surface area contributed by atoms with Gasteiger partial charge in [-0.05, 0) is 124 Å². The molecule has 1 heteroatoms. The molecule has 0 aromatic rings. The largest absolute Gasteiger partial charge is 0.393 e. The molecule has 1 nitrogen and oxygen atoms in total. The number of fused-ring (bicyclic) bond motifs is 3. The van der Waals surface area contributed by atoms with E-state index >= 15 is 0 Å². The van der Waals surface area contributed by atoms with Crippen LogP contribution in [-0.4, -0.2) is 11.2 Å². The molecule has 0 aromatic carbocycles. The summed E-state index contributed by atoms with van der Waals surface area (Å²) in [6.45, 7) is 41.3. The molecule has 1 N–H and O–H groups in total. The Hall–Kier alpha value is -0.0400. The number of aliphatic hydroxyl groups excluding tert-OH is 1. The van der Waals surface area contributed by atoms with Gasteiger partial charge in [0.05, 0.1) is 6.10 Å². The highest BCUT2D eigenvalue weighted by Gasteiger charge is 2.73. The van der Waals surface area contributed by atoms with Crippen LogP contribution in [0.15, 0.2) is 0 Å². The quantitative estimate of drug-likeness (QED) is 0.378. The zero-order chi connectivity index (χ0) is 29.1. The van der Waals surface area contributed by atoms with Crippen molar-refractivity contribution in [2.24, 2.45) is 105 Å². The van der Waals surface area contributed by atoms with Crippen molar-refractivity contribution < 1.29 is 5.11 Å². The summed E-state index contributed by atoms with van der Waals surface area (Å²) in [6.07, 6.45) is 2.47. The Balaban J connectivity index is 1.89. The van der Waals surface area contributed by atoms with Crippen LogP contribution in [0.4, 0.5) is 0 Å². The van der Waals surface area contributed by atoms with E-state index in [1.165, 1.54) is 12.8 Å². The van der Waals surface area contributed by atoms with Crippen molar-refractivity contribution in [3.05, 3.63) is 0 Å². The van der Waals surface area contributed by atoms with Crippen molar-refractivity contribution in [1.29, 1.82) is 0 Å². The van der Waals surface area contributed by atoms with Crippen LogP contribution in [-0.2, 0) is 0 Å². The fourth-order valence-electron chi connectivity index (χ4n) is 14.1. The van der Waals surface area contributed by atoms with Crippen LogP contribution in [0.3, 0.4) is 0 Å². The average Bonchev–Trinajstić information content (AvgIpc) is 2.78. The van der Waals surface area contributed by atoms with Crippen LogP contribution in [0.2, 0.25) is 0 Å². The molecule has 4 aliphatic carbocycles. The van der Waals surface area contributed by atoms with E-state index in [1.54, 1.807) is 0 Å². The molecule has 0 aromatic heterocycles. The first-order chi connectivity index (χ1) is 17.2. The first-order valence-corrected chi connectivity index (χ1v) is 16.9. The highest BCUT2D eigenvalue weighted by Crippen LogP contribution is 2.78. The van der Waals surface area contributed by atoms with E-state index in [2.05, 4.69) is 111 Å². The summed E-state index contributed by atoms with van der Waals surface area (Å²) in [6, 6.07) is 0. The van der Waals surface area contributed by atoms with Crippen molar-refractivity contribution in [3.63, 3.8) is 0 Å². The summed E-state index contributed by atoms with van der Waals surface area (Å²) >= 11 is 0. The Morgan fingerprint density at radius 2 is 1.32 bits per heavy atom. The van der Waals surface area contributed by atoms with Crippen molar-refractivity contribution in [1.82, 2.24) is 0 Å². The molecule has 4 aliphatic rings. The lowest BCUT2D eigenvalue weighted by Gasteiger charge is -2.77. The standard InChI is InChI=1S/C37H68O/c1-19(2)28-17-29(34(11,12)13)21(4)31-22(5)33-25(8)37(16)24(7)30(26(9)38)20(3)18-35(37,14)27(10)36(33,15)23(6)32(28)31/h19-33,38H,17-18H2,1-16H3. The molecule has 17 atom stereocenters. The molecule has 4 rings (SSSR count). The third kappa shape index (κ3) is 3.77. The van der Waals surface area contributed by atoms with Crippen LogP contribution in [0.1, 0.15) is 124 Å². The van der Waals surface area contributed by atoms with E-state index in [1.807, 2.05) is 0 Å². The van der Waals surface area contributed by atoms with Crippen LogP contribution in [0.25, 0.3) is 0 Å².